The third kappa shape index (κ3) is 3.05. The normalized spacial score (nSPS) is 10.1. The monoisotopic (exact) mass is 277 g/mol. The first kappa shape index (κ1) is 13.4. The molecule has 98 valence electrons. The van der Waals surface area contributed by atoms with Crippen LogP contribution in [0.25, 0.3) is 0 Å². The van der Waals surface area contributed by atoms with E-state index in [0.717, 1.165) is 0 Å². The minimum atomic E-state index is -0.541. The van der Waals surface area contributed by atoms with Crippen LogP contribution in [0.4, 0.5) is 5.69 Å². The van der Waals surface area contributed by atoms with Crippen LogP contribution in [0.3, 0.4) is 0 Å². The third-order valence-electron chi connectivity index (χ3n) is 2.58. The second kappa shape index (κ2) is 5.73. The van der Waals surface area contributed by atoms with Crippen molar-refractivity contribution < 1.29 is 14.7 Å². The van der Waals surface area contributed by atoms with Crippen molar-refractivity contribution >= 4 is 23.2 Å². The quantitative estimate of drug-likeness (QED) is 0.691. The molecule has 2 aromatic carbocycles. The predicted octanol–water partition coefficient (Wildman–Crippen LogP) is 3.38. The summed E-state index contributed by atoms with van der Waals surface area (Å²) in [7, 11) is 1.51. The number of nitrogens with zero attached hydrogens (tertiary/aromatic N) is 1. The zero-order valence-corrected chi connectivity index (χ0v) is 11.0. The van der Waals surface area contributed by atoms with Gasteiger partial charge in [-0.25, -0.2) is 0 Å². The van der Waals surface area contributed by atoms with Gasteiger partial charge >= 0.3 is 0 Å². The number of hydroxylamine groups is 1. The number of halogens is 1. The maximum Gasteiger partial charge on any atom is 0.282 e. The van der Waals surface area contributed by atoms with Crippen LogP contribution in [-0.2, 0) is 0 Å². The molecule has 0 aromatic heterocycles. The number of benzene rings is 2. The van der Waals surface area contributed by atoms with E-state index >= 15 is 0 Å². The highest BCUT2D eigenvalue weighted by atomic mass is 35.5. The summed E-state index contributed by atoms with van der Waals surface area (Å²) >= 11 is 5.75. The molecule has 0 bridgehead atoms. The Balaban J connectivity index is 2.25. The molecular formula is C14H12ClNO3. The number of hydrogen-bond donors (Lipinski definition) is 1. The lowest BCUT2D eigenvalue weighted by atomic mass is 10.2. The van der Waals surface area contributed by atoms with E-state index in [1.165, 1.54) is 7.11 Å². The fourth-order valence-electron chi connectivity index (χ4n) is 1.58. The average Bonchev–Trinajstić information content (AvgIpc) is 2.46. The number of rotatable bonds is 3. The fraction of sp³-hybridized carbons (Fsp3) is 0.0714. The molecule has 0 heterocycles. The molecule has 0 saturated carbocycles. The van der Waals surface area contributed by atoms with Crippen LogP contribution in [0.15, 0.2) is 48.5 Å². The number of ether oxygens (including phenoxy) is 1. The minimum Gasteiger partial charge on any atom is -0.497 e. The van der Waals surface area contributed by atoms with Crippen LogP contribution in [0.1, 0.15) is 10.4 Å². The number of anilines is 1. The average molecular weight is 278 g/mol. The highest BCUT2D eigenvalue weighted by Crippen LogP contribution is 2.20. The SMILES string of the molecule is COc1cccc(C(=O)N(O)c2ccc(Cl)cc2)c1. The smallest absolute Gasteiger partial charge is 0.282 e. The molecule has 0 saturated heterocycles. The standard InChI is InChI=1S/C14H12ClNO3/c1-19-13-4-2-3-10(9-13)14(17)16(18)12-7-5-11(15)6-8-12/h2-9,18H,1H3. The van der Waals surface area contributed by atoms with Gasteiger partial charge in [0.1, 0.15) is 5.75 Å². The molecule has 0 radical (unpaired) electrons. The van der Waals surface area contributed by atoms with E-state index in [1.807, 2.05) is 0 Å². The molecule has 19 heavy (non-hydrogen) atoms. The Hall–Kier alpha value is -2.04. The summed E-state index contributed by atoms with van der Waals surface area (Å²) < 4.78 is 5.04. The van der Waals surface area contributed by atoms with Crippen LogP contribution in [0, 0.1) is 0 Å². The number of hydrogen-bond acceptors (Lipinski definition) is 3. The largest absolute Gasteiger partial charge is 0.497 e. The van der Waals surface area contributed by atoms with Crippen LogP contribution in [0.2, 0.25) is 5.02 Å². The Morgan fingerprint density at radius 3 is 2.53 bits per heavy atom. The fourth-order valence-corrected chi connectivity index (χ4v) is 1.70. The molecule has 1 amide bonds. The van der Waals surface area contributed by atoms with Gasteiger partial charge in [0.2, 0.25) is 0 Å². The molecule has 0 aliphatic rings. The molecule has 0 aliphatic heterocycles. The van der Waals surface area contributed by atoms with Crippen molar-refractivity contribution in [1.29, 1.82) is 0 Å². The molecule has 0 fully saturated rings. The lowest BCUT2D eigenvalue weighted by Crippen LogP contribution is -2.26. The topological polar surface area (TPSA) is 49.8 Å². The summed E-state index contributed by atoms with van der Waals surface area (Å²) in [4.78, 5) is 12.1. The van der Waals surface area contributed by atoms with Gasteiger partial charge in [0.25, 0.3) is 5.91 Å². The molecule has 0 unspecified atom stereocenters. The lowest BCUT2D eigenvalue weighted by molar-refractivity contribution is 0.0854. The van der Waals surface area contributed by atoms with E-state index in [4.69, 9.17) is 16.3 Å². The van der Waals surface area contributed by atoms with Gasteiger partial charge in [0.05, 0.1) is 12.8 Å². The maximum atomic E-state index is 12.1. The van der Waals surface area contributed by atoms with Crippen molar-refractivity contribution in [3.63, 3.8) is 0 Å². The lowest BCUT2D eigenvalue weighted by Gasteiger charge is -2.15. The first-order valence-corrected chi connectivity index (χ1v) is 5.92. The number of amides is 1. The van der Waals surface area contributed by atoms with Crippen LogP contribution >= 0.6 is 11.6 Å². The Labute approximate surface area is 115 Å². The van der Waals surface area contributed by atoms with Crippen molar-refractivity contribution in [3.8, 4) is 5.75 Å². The van der Waals surface area contributed by atoms with Gasteiger partial charge in [-0.15, -0.1) is 0 Å². The molecule has 0 atom stereocenters. The first-order chi connectivity index (χ1) is 9.11. The molecular weight excluding hydrogens is 266 g/mol. The van der Waals surface area contributed by atoms with E-state index in [9.17, 15) is 10.0 Å². The number of carbonyl (C=O) groups excluding carboxylic acids is 1. The first-order valence-electron chi connectivity index (χ1n) is 5.55. The minimum absolute atomic E-state index is 0.330. The maximum absolute atomic E-state index is 12.1. The van der Waals surface area contributed by atoms with E-state index in [1.54, 1.807) is 48.5 Å². The Morgan fingerprint density at radius 1 is 1.21 bits per heavy atom. The van der Waals surface area contributed by atoms with Gasteiger partial charge in [0, 0.05) is 10.6 Å². The van der Waals surface area contributed by atoms with Crippen molar-refractivity contribution in [3.05, 3.63) is 59.1 Å². The highest BCUT2D eigenvalue weighted by Gasteiger charge is 2.16. The molecule has 2 aromatic rings. The van der Waals surface area contributed by atoms with Crippen LogP contribution < -0.4 is 9.80 Å². The molecule has 1 N–H and O–H groups in total. The third-order valence-corrected chi connectivity index (χ3v) is 2.83. The molecule has 2 rings (SSSR count). The number of carbonyl (C=O) groups is 1. The van der Waals surface area contributed by atoms with Gasteiger partial charge in [-0.1, -0.05) is 17.7 Å². The number of methoxy groups -OCH3 is 1. The van der Waals surface area contributed by atoms with Gasteiger partial charge < -0.3 is 4.74 Å². The summed E-state index contributed by atoms with van der Waals surface area (Å²) in [5.41, 5.74) is 0.675. The van der Waals surface area contributed by atoms with E-state index in [2.05, 4.69) is 0 Å². The summed E-state index contributed by atoms with van der Waals surface area (Å²) in [5.74, 6) is 0.0107. The zero-order valence-electron chi connectivity index (χ0n) is 10.2. The molecule has 0 aliphatic carbocycles. The second-order valence-electron chi connectivity index (χ2n) is 3.83. The summed E-state index contributed by atoms with van der Waals surface area (Å²) in [6.45, 7) is 0. The van der Waals surface area contributed by atoms with E-state index in [0.29, 0.717) is 27.1 Å². The molecule has 0 spiro atoms. The predicted molar refractivity (Wildman–Crippen MR) is 73.0 cm³/mol. The van der Waals surface area contributed by atoms with Gasteiger partial charge in [-0.3, -0.25) is 10.0 Å². The van der Waals surface area contributed by atoms with Crippen LogP contribution in [-0.4, -0.2) is 18.2 Å². The highest BCUT2D eigenvalue weighted by molar-refractivity contribution is 6.30. The Kier molecular flexibility index (Phi) is 4.04. The van der Waals surface area contributed by atoms with Gasteiger partial charge in [-0.05, 0) is 42.5 Å². The van der Waals surface area contributed by atoms with E-state index in [-0.39, 0.29) is 0 Å². The van der Waals surface area contributed by atoms with E-state index < -0.39 is 5.91 Å². The van der Waals surface area contributed by atoms with Gasteiger partial charge in [-0.2, -0.15) is 5.06 Å². The van der Waals surface area contributed by atoms with Gasteiger partial charge in [0.15, 0.2) is 0 Å². The Bertz CT molecular complexity index is 583. The summed E-state index contributed by atoms with van der Waals surface area (Å²) in [6, 6.07) is 12.9. The van der Waals surface area contributed by atoms with Crippen molar-refractivity contribution in [1.82, 2.24) is 0 Å². The second-order valence-corrected chi connectivity index (χ2v) is 4.26. The van der Waals surface area contributed by atoms with Crippen molar-refractivity contribution in [2.75, 3.05) is 12.2 Å². The van der Waals surface area contributed by atoms with Crippen molar-refractivity contribution in [2.45, 2.75) is 0 Å². The summed E-state index contributed by atoms with van der Waals surface area (Å²) in [6.07, 6.45) is 0. The Morgan fingerprint density at radius 2 is 1.89 bits per heavy atom. The van der Waals surface area contributed by atoms with Crippen molar-refractivity contribution in [2.24, 2.45) is 0 Å². The molecule has 4 nitrogen and oxygen atoms in total. The zero-order chi connectivity index (χ0) is 13.8. The summed E-state index contributed by atoms with van der Waals surface area (Å²) in [5, 5.41) is 11.0. The molecule has 5 heteroatoms. The van der Waals surface area contributed by atoms with Crippen LogP contribution in [0.5, 0.6) is 5.75 Å².